The lowest BCUT2D eigenvalue weighted by Gasteiger charge is -2.13. The molecule has 0 radical (unpaired) electrons. The molecule has 0 fully saturated rings. The lowest BCUT2D eigenvalue weighted by Crippen LogP contribution is -2.13. The highest BCUT2D eigenvalue weighted by Gasteiger charge is 2.30. The van der Waals surface area contributed by atoms with E-state index in [4.69, 9.17) is 4.42 Å². The summed E-state index contributed by atoms with van der Waals surface area (Å²) in [5, 5.41) is 10.5. The first-order chi connectivity index (χ1) is 14.8. The number of hydrogen-bond acceptors (Lipinski definition) is 5. The van der Waals surface area contributed by atoms with Crippen LogP contribution in [0.4, 0.5) is 13.2 Å². The summed E-state index contributed by atoms with van der Waals surface area (Å²) < 4.78 is 68.2. The summed E-state index contributed by atoms with van der Waals surface area (Å²) in [5.74, 6) is -0.893. The lowest BCUT2D eigenvalue weighted by atomic mass is 9.94. The van der Waals surface area contributed by atoms with E-state index in [2.05, 4.69) is 0 Å². The van der Waals surface area contributed by atoms with Gasteiger partial charge in [-0.25, -0.2) is 13.2 Å². The number of sulfone groups is 1. The molecule has 3 rings (SSSR count). The third-order valence-electron chi connectivity index (χ3n) is 5.07. The molecule has 0 saturated heterocycles. The average molecular weight is 466 g/mol. The fourth-order valence-corrected chi connectivity index (χ4v) is 4.92. The first-order valence-corrected chi connectivity index (χ1v) is 11.3. The number of benzene rings is 2. The molecular formula is C23H21F3O5S. The minimum Gasteiger partial charge on any atom is -0.507 e. The van der Waals surface area contributed by atoms with Crippen molar-refractivity contribution in [1.82, 2.24) is 0 Å². The van der Waals surface area contributed by atoms with Crippen molar-refractivity contribution < 1.29 is 31.1 Å². The van der Waals surface area contributed by atoms with Crippen LogP contribution < -0.4 is 5.63 Å². The highest BCUT2D eigenvalue weighted by molar-refractivity contribution is 7.91. The van der Waals surface area contributed by atoms with Crippen LogP contribution in [0.5, 0.6) is 5.75 Å². The maximum atomic E-state index is 12.7. The Hall–Kier alpha value is -3.07. The first-order valence-electron chi connectivity index (χ1n) is 9.64. The summed E-state index contributed by atoms with van der Waals surface area (Å²) in [5.41, 5.74) is 1.34. The van der Waals surface area contributed by atoms with Crippen LogP contribution in [-0.2, 0) is 22.4 Å². The fraction of sp³-hybridized carbons (Fsp3) is 0.261. The molecule has 1 N–H and O–H groups in total. The molecule has 9 heteroatoms. The van der Waals surface area contributed by atoms with Gasteiger partial charge in [0.25, 0.3) is 0 Å². The molecule has 1 aromatic heterocycles. The van der Waals surface area contributed by atoms with E-state index in [-0.39, 0.29) is 28.4 Å². The van der Waals surface area contributed by atoms with E-state index in [1.807, 2.05) is 19.1 Å². The zero-order valence-corrected chi connectivity index (χ0v) is 18.4. The smallest absolute Gasteiger partial charge is 0.416 e. The number of hydrogen-bond donors (Lipinski definition) is 1. The maximum absolute atomic E-state index is 12.7. The molecule has 0 saturated carbocycles. The topological polar surface area (TPSA) is 84.6 Å². The molecule has 0 aliphatic heterocycles. The molecular weight excluding hydrogens is 445 g/mol. The highest BCUT2D eigenvalue weighted by Crippen LogP contribution is 2.33. The van der Waals surface area contributed by atoms with Crippen LogP contribution in [0.3, 0.4) is 0 Å². The molecule has 0 atom stereocenters. The van der Waals surface area contributed by atoms with E-state index in [1.165, 1.54) is 6.07 Å². The van der Waals surface area contributed by atoms with Crippen molar-refractivity contribution in [2.24, 2.45) is 0 Å². The van der Waals surface area contributed by atoms with Gasteiger partial charge in [0.1, 0.15) is 17.1 Å². The van der Waals surface area contributed by atoms with Crippen molar-refractivity contribution >= 4 is 9.84 Å². The van der Waals surface area contributed by atoms with E-state index in [9.17, 15) is 31.5 Å². The number of alkyl halides is 3. The van der Waals surface area contributed by atoms with Crippen molar-refractivity contribution in [3.8, 4) is 16.9 Å². The SMILES string of the molecule is Cc1cc(C)c(-c2c(O)cc(CCS(=O)(=O)c3ccc(C(F)(F)F)cc3)oc2=O)c(C)c1. The van der Waals surface area contributed by atoms with E-state index in [0.29, 0.717) is 17.7 Å². The van der Waals surface area contributed by atoms with Crippen molar-refractivity contribution in [2.75, 3.05) is 5.75 Å². The molecule has 32 heavy (non-hydrogen) atoms. The second kappa shape index (κ2) is 8.46. The van der Waals surface area contributed by atoms with Gasteiger partial charge in [0, 0.05) is 12.5 Å². The lowest BCUT2D eigenvalue weighted by molar-refractivity contribution is -0.137. The molecule has 0 aliphatic rings. The number of rotatable bonds is 5. The summed E-state index contributed by atoms with van der Waals surface area (Å²) >= 11 is 0. The molecule has 0 amide bonds. The molecule has 2 aromatic carbocycles. The van der Waals surface area contributed by atoms with Crippen molar-refractivity contribution in [1.29, 1.82) is 0 Å². The van der Waals surface area contributed by atoms with Gasteiger partial charge in [0.05, 0.1) is 16.2 Å². The average Bonchev–Trinajstić information content (AvgIpc) is 2.67. The summed E-state index contributed by atoms with van der Waals surface area (Å²) in [6.07, 6.45) is -4.81. The number of aryl methyl sites for hydroxylation is 4. The van der Waals surface area contributed by atoms with Gasteiger partial charge in [-0.1, -0.05) is 17.7 Å². The zero-order chi connectivity index (χ0) is 23.8. The minimum atomic E-state index is -4.57. The van der Waals surface area contributed by atoms with Crippen molar-refractivity contribution in [3.05, 3.63) is 80.9 Å². The summed E-state index contributed by atoms with van der Waals surface area (Å²) in [6.45, 7) is 5.52. The monoisotopic (exact) mass is 466 g/mol. The van der Waals surface area contributed by atoms with Crippen molar-refractivity contribution in [3.63, 3.8) is 0 Å². The molecule has 1 heterocycles. The van der Waals surface area contributed by atoms with Gasteiger partial charge >= 0.3 is 11.8 Å². The molecule has 170 valence electrons. The van der Waals surface area contributed by atoms with Gasteiger partial charge < -0.3 is 9.52 Å². The van der Waals surface area contributed by atoms with E-state index in [1.54, 1.807) is 13.8 Å². The molecule has 0 aliphatic carbocycles. The van der Waals surface area contributed by atoms with Crippen LogP contribution >= 0.6 is 0 Å². The van der Waals surface area contributed by atoms with Gasteiger partial charge in [-0.15, -0.1) is 0 Å². The molecule has 0 unspecified atom stereocenters. The summed E-state index contributed by atoms with van der Waals surface area (Å²) in [7, 11) is -3.94. The number of aromatic hydroxyl groups is 1. The van der Waals surface area contributed by atoms with Gasteiger partial charge in [-0.05, 0) is 61.7 Å². The van der Waals surface area contributed by atoms with E-state index < -0.39 is 33.0 Å². The van der Waals surface area contributed by atoms with Crippen LogP contribution in [0.1, 0.15) is 28.0 Å². The second-order valence-electron chi connectivity index (χ2n) is 7.63. The Morgan fingerprint density at radius 2 is 1.50 bits per heavy atom. The molecule has 0 bridgehead atoms. The maximum Gasteiger partial charge on any atom is 0.416 e. The predicted octanol–water partition coefficient (Wildman–Crippen LogP) is 4.97. The van der Waals surface area contributed by atoms with Crippen LogP contribution in [0, 0.1) is 20.8 Å². The van der Waals surface area contributed by atoms with Crippen molar-refractivity contribution in [2.45, 2.75) is 38.3 Å². The van der Waals surface area contributed by atoms with Crippen LogP contribution in [0.25, 0.3) is 11.1 Å². The van der Waals surface area contributed by atoms with Crippen LogP contribution in [0.15, 0.2) is 56.6 Å². The fourth-order valence-electron chi connectivity index (χ4n) is 3.66. The Balaban J connectivity index is 1.86. The number of halogens is 3. The zero-order valence-electron chi connectivity index (χ0n) is 17.6. The van der Waals surface area contributed by atoms with Gasteiger partial charge in [0.15, 0.2) is 9.84 Å². The van der Waals surface area contributed by atoms with Crippen LogP contribution in [0.2, 0.25) is 0 Å². The Bertz CT molecular complexity index is 1300. The van der Waals surface area contributed by atoms with Gasteiger partial charge in [-0.3, -0.25) is 0 Å². The molecule has 3 aromatic rings. The van der Waals surface area contributed by atoms with Gasteiger partial charge in [-0.2, -0.15) is 13.2 Å². The predicted molar refractivity (Wildman–Crippen MR) is 113 cm³/mol. The highest BCUT2D eigenvalue weighted by atomic mass is 32.2. The van der Waals surface area contributed by atoms with Crippen LogP contribution in [-0.4, -0.2) is 19.3 Å². The Labute approximate surface area is 183 Å². The first kappa shape index (κ1) is 23.6. The Kier molecular flexibility index (Phi) is 6.24. The van der Waals surface area contributed by atoms with Gasteiger partial charge in [0.2, 0.25) is 0 Å². The third kappa shape index (κ3) is 4.88. The van der Waals surface area contributed by atoms with E-state index in [0.717, 1.165) is 28.8 Å². The Morgan fingerprint density at radius 1 is 0.938 bits per heavy atom. The van der Waals surface area contributed by atoms with E-state index >= 15 is 0 Å². The third-order valence-corrected chi connectivity index (χ3v) is 6.80. The minimum absolute atomic E-state index is 0.00523. The summed E-state index contributed by atoms with van der Waals surface area (Å²) in [4.78, 5) is 12.3. The molecule has 0 spiro atoms. The summed E-state index contributed by atoms with van der Waals surface area (Å²) in [6, 6.07) is 8.09. The quantitative estimate of drug-likeness (QED) is 0.574. The largest absolute Gasteiger partial charge is 0.507 e. The molecule has 5 nitrogen and oxygen atoms in total. The standard InChI is InChI=1S/C23H21F3O5S/c1-13-10-14(2)20(15(3)11-13)21-19(27)12-17(31-22(21)28)8-9-32(29,30)18-6-4-16(5-7-18)23(24,25)26/h4-7,10-12,27H,8-9H2,1-3H3. The second-order valence-corrected chi connectivity index (χ2v) is 9.73. The Morgan fingerprint density at radius 3 is 2.00 bits per heavy atom. The normalized spacial score (nSPS) is 12.2.